The van der Waals surface area contributed by atoms with E-state index in [1.54, 1.807) is 12.1 Å². The number of aromatic nitrogens is 4. The molecule has 41 heavy (non-hydrogen) atoms. The van der Waals surface area contributed by atoms with E-state index in [1.165, 1.54) is 16.9 Å². The molecule has 0 radical (unpaired) electrons. The molecule has 2 fully saturated rings. The molecule has 1 aromatic carbocycles. The predicted molar refractivity (Wildman–Crippen MR) is 145 cm³/mol. The summed E-state index contributed by atoms with van der Waals surface area (Å²) in [6.07, 6.45) is -0.600. The summed E-state index contributed by atoms with van der Waals surface area (Å²) in [4.78, 5) is 27.2. The molecule has 12 heteroatoms. The lowest BCUT2D eigenvalue weighted by Crippen LogP contribution is -2.59. The summed E-state index contributed by atoms with van der Waals surface area (Å²) in [5.74, 6) is -9.37. The van der Waals surface area contributed by atoms with E-state index in [0.29, 0.717) is 5.69 Å². The number of halogens is 4. The Kier molecular flexibility index (Phi) is 7.46. The van der Waals surface area contributed by atoms with Crippen LogP contribution in [0.5, 0.6) is 0 Å². The smallest absolute Gasteiger partial charge is 0.270 e. The van der Waals surface area contributed by atoms with Crippen LogP contribution in [0.25, 0.3) is 11.1 Å². The molecule has 2 saturated carbocycles. The standard InChI is InChI=1S/C29H34F4N6O2/c1-15(2)39-22(9-10-34-39)26(40)36-25(24(19-11-28(30,31)12-19)20-13-29(32,33)14-20)27(41)35-21-7-5-18(6-8-21)23-16(3)37-38-17(23)4/h5-10,15,19-20,24-25H,11-14H2,1-4H3,(H,35,41)(H,36,40)(H,37,38). The second kappa shape index (κ2) is 10.6. The van der Waals surface area contributed by atoms with Gasteiger partial charge in [-0.2, -0.15) is 10.2 Å². The van der Waals surface area contributed by atoms with E-state index < -0.39 is 73.1 Å². The summed E-state index contributed by atoms with van der Waals surface area (Å²) in [6.45, 7) is 7.44. The molecule has 2 aliphatic carbocycles. The Balaban J connectivity index is 1.43. The average molecular weight is 575 g/mol. The minimum Gasteiger partial charge on any atom is -0.339 e. The molecule has 1 unspecified atom stereocenters. The minimum atomic E-state index is -2.92. The van der Waals surface area contributed by atoms with Crippen LogP contribution in [0.1, 0.15) is 67.4 Å². The van der Waals surface area contributed by atoms with Gasteiger partial charge in [0.1, 0.15) is 11.7 Å². The van der Waals surface area contributed by atoms with E-state index in [1.807, 2.05) is 39.8 Å². The van der Waals surface area contributed by atoms with Crippen molar-refractivity contribution in [2.45, 2.75) is 77.3 Å². The maximum absolute atomic E-state index is 14.0. The number of hydrogen-bond donors (Lipinski definition) is 3. The number of carbonyl (C=O) groups is 2. The fourth-order valence-corrected chi connectivity index (χ4v) is 6.26. The van der Waals surface area contributed by atoms with Gasteiger partial charge in [0.15, 0.2) is 0 Å². The Morgan fingerprint density at radius 3 is 2.05 bits per heavy atom. The highest BCUT2D eigenvalue weighted by atomic mass is 19.3. The molecule has 0 spiro atoms. The van der Waals surface area contributed by atoms with Crippen molar-refractivity contribution in [3.63, 3.8) is 0 Å². The molecule has 8 nitrogen and oxygen atoms in total. The van der Waals surface area contributed by atoms with Crippen LogP contribution < -0.4 is 10.6 Å². The van der Waals surface area contributed by atoms with Crippen molar-refractivity contribution in [3.05, 3.63) is 53.6 Å². The van der Waals surface area contributed by atoms with Crippen LogP contribution in [-0.2, 0) is 4.79 Å². The quantitative estimate of drug-likeness (QED) is 0.276. The van der Waals surface area contributed by atoms with E-state index in [0.717, 1.165) is 22.5 Å². The van der Waals surface area contributed by atoms with Gasteiger partial charge in [-0.05, 0) is 69.2 Å². The summed E-state index contributed by atoms with van der Waals surface area (Å²) in [7, 11) is 0. The van der Waals surface area contributed by atoms with Gasteiger partial charge in [-0.15, -0.1) is 0 Å². The fraction of sp³-hybridized carbons (Fsp3) is 0.517. The largest absolute Gasteiger partial charge is 0.339 e. The number of nitrogens with zero attached hydrogens (tertiary/aromatic N) is 3. The molecule has 5 rings (SSSR count). The third kappa shape index (κ3) is 5.87. The molecule has 2 aliphatic rings. The van der Waals surface area contributed by atoms with Crippen molar-refractivity contribution in [1.82, 2.24) is 25.3 Å². The first-order valence-electron chi connectivity index (χ1n) is 13.8. The third-order valence-electron chi connectivity index (χ3n) is 8.25. The zero-order valence-electron chi connectivity index (χ0n) is 23.3. The summed E-state index contributed by atoms with van der Waals surface area (Å²) in [6, 6.07) is 7.03. The highest BCUT2D eigenvalue weighted by Gasteiger charge is 2.58. The third-order valence-corrected chi connectivity index (χ3v) is 8.25. The van der Waals surface area contributed by atoms with Gasteiger partial charge < -0.3 is 10.6 Å². The van der Waals surface area contributed by atoms with Crippen molar-refractivity contribution in [3.8, 4) is 11.1 Å². The molecule has 1 atom stereocenters. The molecular formula is C29H34F4N6O2. The molecule has 2 aromatic heterocycles. The second-order valence-electron chi connectivity index (χ2n) is 11.7. The van der Waals surface area contributed by atoms with Gasteiger partial charge in [-0.1, -0.05) is 12.1 Å². The van der Waals surface area contributed by atoms with Crippen molar-refractivity contribution in [2.75, 3.05) is 5.32 Å². The monoisotopic (exact) mass is 574 g/mol. The zero-order valence-corrected chi connectivity index (χ0v) is 23.3. The zero-order chi connectivity index (χ0) is 29.7. The first-order valence-corrected chi connectivity index (χ1v) is 13.8. The number of anilines is 1. The Morgan fingerprint density at radius 2 is 1.56 bits per heavy atom. The van der Waals surface area contributed by atoms with Crippen LogP contribution in [0.15, 0.2) is 36.5 Å². The van der Waals surface area contributed by atoms with Gasteiger partial charge in [0.2, 0.25) is 17.8 Å². The molecule has 0 bridgehead atoms. The van der Waals surface area contributed by atoms with E-state index in [-0.39, 0.29) is 11.7 Å². The van der Waals surface area contributed by atoms with Gasteiger partial charge >= 0.3 is 0 Å². The van der Waals surface area contributed by atoms with Gasteiger partial charge in [-0.25, -0.2) is 17.6 Å². The Hall–Kier alpha value is -3.70. The summed E-state index contributed by atoms with van der Waals surface area (Å²) >= 11 is 0. The summed E-state index contributed by atoms with van der Waals surface area (Å²) < 4.78 is 57.4. The first-order chi connectivity index (χ1) is 19.2. The highest BCUT2D eigenvalue weighted by Crippen LogP contribution is 2.55. The molecule has 220 valence electrons. The van der Waals surface area contributed by atoms with Crippen LogP contribution in [0.4, 0.5) is 23.2 Å². The molecule has 3 aromatic rings. The van der Waals surface area contributed by atoms with Crippen molar-refractivity contribution < 1.29 is 27.2 Å². The topological polar surface area (TPSA) is 105 Å². The normalized spacial score (nSPS) is 19.1. The Bertz CT molecular complexity index is 1370. The number of H-pyrrole nitrogens is 1. The lowest BCUT2D eigenvalue weighted by atomic mass is 9.59. The van der Waals surface area contributed by atoms with Crippen LogP contribution in [-0.4, -0.2) is 49.7 Å². The number of alkyl halides is 4. The number of aromatic amines is 1. The molecule has 0 aliphatic heterocycles. The van der Waals surface area contributed by atoms with Crippen LogP contribution in [0.3, 0.4) is 0 Å². The Morgan fingerprint density at radius 1 is 0.976 bits per heavy atom. The van der Waals surface area contributed by atoms with Gasteiger partial charge in [-0.3, -0.25) is 19.4 Å². The number of amides is 2. The van der Waals surface area contributed by atoms with Crippen LogP contribution >= 0.6 is 0 Å². The van der Waals surface area contributed by atoms with E-state index in [9.17, 15) is 27.2 Å². The maximum atomic E-state index is 14.0. The van der Waals surface area contributed by atoms with Crippen molar-refractivity contribution >= 4 is 17.5 Å². The van der Waals surface area contributed by atoms with Gasteiger partial charge in [0, 0.05) is 54.9 Å². The molecule has 2 amide bonds. The number of aryl methyl sites for hydroxylation is 2. The van der Waals surface area contributed by atoms with E-state index >= 15 is 0 Å². The number of nitrogens with one attached hydrogen (secondary N) is 3. The van der Waals surface area contributed by atoms with E-state index in [4.69, 9.17) is 0 Å². The minimum absolute atomic E-state index is 0.162. The molecule has 0 saturated heterocycles. The number of carbonyl (C=O) groups excluding carboxylic acids is 2. The van der Waals surface area contributed by atoms with Gasteiger partial charge in [0.25, 0.3) is 5.91 Å². The van der Waals surface area contributed by atoms with Crippen molar-refractivity contribution in [1.29, 1.82) is 0 Å². The number of rotatable bonds is 9. The Labute approximate surface area is 235 Å². The van der Waals surface area contributed by atoms with Crippen LogP contribution in [0.2, 0.25) is 0 Å². The molecular weight excluding hydrogens is 540 g/mol. The van der Waals surface area contributed by atoms with Gasteiger partial charge in [0.05, 0.1) is 5.69 Å². The second-order valence-corrected chi connectivity index (χ2v) is 11.7. The van der Waals surface area contributed by atoms with Crippen molar-refractivity contribution in [2.24, 2.45) is 17.8 Å². The first kappa shape index (κ1) is 28.8. The SMILES string of the molecule is Cc1n[nH]c(C)c1-c1ccc(NC(=O)C(NC(=O)c2ccnn2C(C)C)C(C2CC(F)(F)C2)C2CC(F)(F)C2)cc1. The highest BCUT2D eigenvalue weighted by molar-refractivity contribution is 6.01. The summed E-state index contributed by atoms with van der Waals surface area (Å²) in [5.41, 5.74) is 4.13. The average Bonchev–Trinajstić information content (AvgIpc) is 3.48. The lowest BCUT2D eigenvalue weighted by molar-refractivity contribution is -0.177. The fourth-order valence-electron chi connectivity index (χ4n) is 6.26. The maximum Gasteiger partial charge on any atom is 0.270 e. The number of hydrogen-bond acceptors (Lipinski definition) is 4. The predicted octanol–water partition coefficient (Wildman–Crippen LogP) is 5.91. The molecule has 3 N–H and O–H groups in total. The van der Waals surface area contributed by atoms with Crippen LogP contribution in [0, 0.1) is 31.6 Å². The lowest BCUT2D eigenvalue weighted by Gasteiger charge is -2.50. The molecule has 2 heterocycles. The van der Waals surface area contributed by atoms with E-state index in [2.05, 4.69) is 25.9 Å². The number of benzene rings is 1. The summed E-state index contributed by atoms with van der Waals surface area (Å²) in [5, 5.41) is 16.8.